The van der Waals surface area contributed by atoms with E-state index in [9.17, 15) is 31.1 Å². The second-order valence-electron chi connectivity index (χ2n) is 11.5. The number of fused-ring (bicyclic) bond motifs is 1. The number of alkyl halides is 6. The maximum atomic E-state index is 13.7. The smallest absolute Gasteiger partial charge is 0.379 e. The minimum atomic E-state index is -5.06. The minimum absolute atomic E-state index is 0.0326. The van der Waals surface area contributed by atoms with Crippen LogP contribution in [0.4, 0.5) is 26.3 Å². The van der Waals surface area contributed by atoms with Gasteiger partial charge < -0.3 is 14.5 Å². The van der Waals surface area contributed by atoms with Gasteiger partial charge in [0.25, 0.3) is 5.91 Å². The van der Waals surface area contributed by atoms with Crippen LogP contribution in [0.5, 0.6) is 0 Å². The van der Waals surface area contributed by atoms with Crippen LogP contribution in [0.3, 0.4) is 0 Å². The Morgan fingerprint density at radius 2 is 1.59 bits per heavy atom. The molecule has 3 aromatic rings. The summed E-state index contributed by atoms with van der Waals surface area (Å²) in [7, 11) is 0. The maximum Gasteiger partial charge on any atom is 0.416 e. The predicted molar refractivity (Wildman–Crippen MR) is 161 cm³/mol. The van der Waals surface area contributed by atoms with Crippen molar-refractivity contribution in [3.63, 3.8) is 0 Å². The standard InChI is InChI=1S/C33H36F6N4O3/c1-23(40-46-15-12-41-10-13-45-14-11-41)21-42-8-9-43(30(22-42)17-24-6-7-25-4-2-3-5-26(25)16-24)31(44)27-18-28(32(34,35)36)20-29(19-27)33(37,38)39/h2-7,16,18-21,30,40H,8-15,17,22H2,1H3. The Balaban J connectivity index is 1.35. The monoisotopic (exact) mass is 650 g/mol. The van der Waals surface area contributed by atoms with Crippen molar-refractivity contribution < 1.29 is 40.7 Å². The Hall–Kier alpha value is -3.81. The van der Waals surface area contributed by atoms with Crippen molar-refractivity contribution in [1.29, 1.82) is 0 Å². The number of hydrogen-bond donors (Lipinski definition) is 1. The topological polar surface area (TPSA) is 57.3 Å². The van der Waals surface area contributed by atoms with E-state index in [0.29, 0.717) is 57.2 Å². The predicted octanol–water partition coefficient (Wildman–Crippen LogP) is 5.96. The zero-order valence-corrected chi connectivity index (χ0v) is 25.3. The summed E-state index contributed by atoms with van der Waals surface area (Å²) in [6.07, 6.45) is -7.93. The summed E-state index contributed by atoms with van der Waals surface area (Å²) in [6.45, 7) is 6.81. The first kappa shape index (κ1) is 33.6. The molecule has 0 bridgehead atoms. The molecule has 3 aromatic carbocycles. The van der Waals surface area contributed by atoms with Gasteiger partial charge >= 0.3 is 12.4 Å². The van der Waals surface area contributed by atoms with Crippen molar-refractivity contribution in [2.45, 2.75) is 31.7 Å². The fourth-order valence-electron chi connectivity index (χ4n) is 5.79. The molecule has 0 saturated carbocycles. The van der Waals surface area contributed by atoms with Crippen LogP contribution < -0.4 is 5.48 Å². The van der Waals surface area contributed by atoms with Gasteiger partial charge in [-0.3, -0.25) is 20.0 Å². The van der Waals surface area contributed by atoms with Crippen molar-refractivity contribution in [2.24, 2.45) is 0 Å². The average Bonchev–Trinajstić information content (AvgIpc) is 3.02. The van der Waals surface area contributed by atoms with Gasteiger partial charge in [0, 0.05) is 51.0 Å². The lowest BCUT2D eigenvalue weighted by Gasteiger charge is -2.41. The van der Waals surface area contributed by atoms with E-state index in [1.54, 1.807) is 0 Å². The van der Waals surface area contributed by atoms with Crippen LogP contribution in [-0.4, -0.2) is 85.7 Å². The molecule has 1 N–H and O–H groups in total. The Bertz CT molecular complexity index is 1510. The number of morpholine rings is 1. The van der Waals surface area contributed by atoms with Crippen molar-refractivity contribution in [2.75, 3.05) is 59.1 Å². The van der Waals surface area contributed by atoms with Gasteiger partial charge in [-0.05, 0) is 47.9 Å². The van der Waals surface area contributed by atoms with E-state index < -0.39 is 41.0 Å². The Labute approximate surface area is 263 Å². The minimum Gasteiger partial charge on any atom is -0.379 e. The molecule has 0 spiro atoms. The van der Waals surface area contributed by atoms with E-state index in [-0.39, 0.29) is 12.6 Å². The summed E-state index contributed by atoms with van der Waals surface area (Å²) in [4.78, 5) is 24.9. The number of ether oxygens (including phenoxy) is 1. The summed E-state index contributed by atoms with van der Waals surface area (Å²) in [5.41, 5.74) is 0.822. The number of allylic oxidation sites excluding steroid dienone is 1. The number of carbonyl (C=O) groups is 1. The summed E-state index contributed by atoms with van der Waals surface area (Å²) in [6, 6.07) is 14.1. The lowest BCUT2D eigenvalue weighted by molar-refractivity contribution is -0.143. The molecule has 0 radical (unpaired) electrons. The zero-order chi connectivity index (χ0) is 32.9. The van der Waals surface area contributed by atoms with Crippen molar-refractivity contribution in [1.82, 2.24) is 20.2 Å². The molecule has 5 rings (SSSR count). The molecule has 2 fully saturated rings. The quantitative estimate of drug-likeness (QED) is 0.175. The van der Waals surface area contributed by atoms with E-state index in [1.165, 1.54) is 4.90 Å². The van der Waals surface area contributed by atoms with Crippen molar-refractivity contribution in [3.05, 3.63) is 94.8 Å². The van der Waals surface area contributed by atoms with Gasteiger partial charge in [-0.1, -0.05) is 42.5 Å². The Morgan fingerprint density at radius 1 is 0.913 bits per heavy atom. The molecule has 1 amide bonds. The molecule has 2 aliphatic heterocycles. The molecule has 2 heterocycles. The number of carbonyl (C=O) groups excluding carboxylic acids is 1. The third-order valence-electron chi connectivity index (χ3n) is 8.12. The van der Waals surface area contributed by atoms with Gasteiger partial charge in [0.1, 0.15) is 0 Å². The number of benzene rings is 3. The molecule has 0 aliphatic carbocycles. The number of halogens is 6. The third-order valence-corrected chi connectivity index (χ3v) is 8.12. The first-order valence-electron chi connectivity index (χ1n) is 15.1. The summed E-state index contributed by atoms with van der Waals surface area (Å²) in [5.74, 6) is -0.882. The number of hydrogen-bond acceptors (Lipinski definition) is 6. The van der Waals surface area contributed by atoms with Crippen LogP contribution in [0.2, 0.25) is 0 Å². The number of nitrogens with one attached hydrogen (secondary N) is 1. The van der Waals surface area contributed by atoms with Crippen molar-refractivity contribution in [3.8, 4) is 0 Å². The van der Waals surface area contributed by atoms with Gasteiger partial charge in [0.15, 0.2) is 0 Å². The highest BCUT2D eigenvalue weighted by Crippen LogP contribution is 2.37. The van der Waals surface area contributed by atoms with Gasteiger partial charge in [0.2, 0.25) is 0 Å². The van der Waals surface area contributed by atoms with Crippen LogP contribution in [-0.2, 0) is 28.3 Å². The molecule has 1 atom stereocenters. The third kappa shape index (κ3) is 8.71. The molecule has 248 valence electrons. The lowest BCUT2D eigenvalue weighted by Crippen LogP contribution is -2.54. The average molecular weight is 651 g/mol. The van der Waals surface area contributed by atoms with Crippen molar-refractivity contribution >= 4 is 16.7 Å². The number of amides is 1. The first-order chi connectivity index (χ1) is 21.9. The molecule has 13 heteroatoms. The summed E-state index contributed by atoms with van der Waals surface area (Å²) < 4.78 is 86.9. The van der Waals surface area contributed by atoms with E-state index in [4.69, 9.17) is 9.57 Å². The molecule has 0 aromatic heterocycles. The second kappa shape index (κ2) is 14.3. The van der Waals surface area contributed by atoms with Gasteiger partial charge in [0.05, 0.1) is 42.7 Å². The number of piperazine rings is 1. The number of rotatable bonds is 9. The number of nitrogens with zero attached hydrogens (tertiary/aromatic N) is 3. The summed E-state index contributed by atoms with van der Waals surface area (Å²) >= 11 is 0. The van der Waals surface area contributed by atoms with E-state index in [1.807, 2.05) is 60.5 Å². The van der Waals surface area contributed by atoms with Crippen LogP contribution >= 0.6 is 0 Å². The van der Waals surface area contributed by atoms with Crippen LogP contribution in [0.1, 0.15) is 34.0 Å². The van der Waals surface area contributed by atoms with Gasteiger partial charge in [-0.2, -0.15) is 26.3 Å². The largest absolute Gasteiger partial charge is 0.416 e. The van der Waals surface area contributed by atoms with Crippen LogP contribution in [0.25, 0.3) is 10.8 Å². The number of hydroxylamine groups is 1. The van der Waals surface area contributed by atoms with Gasteiger partial charge in [-0.25, -0.2) is 0 Å². The van der Waals surface area contributed by atoms with E-state index in [2.05, 4.69) is 10.4 Å². The molecular weight excluding hydrogens is 614 g/mol. The molecular formula is C33H36F6N4O3. The highest BCUT2D eigenvalue weighted by molar-refractivity contribution is 5.95. The molecule has 1 unspecified atom stereocenters. The SMILES string of the molecule is CC(=CN1CCN(C(=O)c2cc(C(F)(F)F)cc(C(F)(F)F)c2)C(Cc2ccc3ccccc3c2)C1)NOCCN1CCOCC1. The fourth-order valence-corrected chi connectivity index (χ4v) is 5.79. The van der Waals surface area contributed by atoms with Crippen LogP contribution in [0, 0.1) is 0 Å². The Morgan fingerprint density at radius 3 is 2.26 bits per heavy atom. The highest BCUT2D eigenvalue weighted by Gasteiger charge is 2.39. The highest BCUT2D eigenvalue weighted by atomic mass is 19.4. The van der Waals surface area contributed by atoms with E-state index in [0.717, 1.165) is 36.0 Å². The Kier molecular flexibility index (Phi) is 10.4. The molecule has 7 nitrogen and oxygen atoms in total. The van der Waals surface area contributed by atoms with Gasteiger partial charge in [-0.15, -0.1) is 0 Å². The fraction of sp³-hybridized carbons (Fsp3) is 0.424. The van der Waals surface area contributed by atoms with E-state index >= 15 is 0 Å². The second-order valence-corrected chi connectivity index (χ2v) is 11.5. The molecule has 2 aliphatic rings. The zero-order valence-electron chi connectivity index (χ0n) is 25.3. The molecule has 46 heavy (non-hydrogen) atoms. The van der Waals surface area contributed by atoms with Crippen LogP contribution in [0.15, 0.2) is 72.6 Å². The normalized spacial score (nSPS) is 18.7. The summed E-state index contributed by atoms with van der Waals surface area (Å²) in [5, 5.41) is 2.00. The molecule has 2 saturated heterocycles. The maximum absolute atomic E-state index is 13.7. The lowest BCUT2D eigenvalue weighted by atomic mass is 9.97. The first-order valence-corrected chi connectivity index (χ1v) is 15.1.